The Bertz CT molecular complexity index is 502. The van der Waals surface area contributed by atoms with Crippen LogP contribution >= 0.6 is 0 Å². The SMILES string of the molecule is Cc1ccc(CNC(=O)c2nonc2N)o1. The van der Waals surface area contributed by atoms with Gasteiger partial charge in [-0.1, -0.05) is 0 Å². The lowest BCUT2D eigenvalue weighted by molar-refractivity contribution is 0.0938. The van der Waals surface area contributed by atoms with Gasteiger partial charge in [0.2, 0.25) is 11.5 Å². The highest BCUT2D eigenvalue weighted by Crippen LogP contribution is 2.07. The van der Waals surface area contributed by atoms with E-state index in [1.54, 1.807) is 6.07 Å². The third-order valence-corrected chi connectivity index (χ3v) is 1.95. The number of hydrogen-bond acceptors (Lipinski definition) is 6. The Labute approximate surface area is 90.6 Å². The summed E-state index contributed by atoms with van der Waals surface area (Å²) in [6.45, 7) is 2.09. The zero-order valence-corrected chi connectivity index (χ0v) is 8.56. The molecule has 7 heteroatoms. The number of nitrogen functional groups attached to an aromatic ring is 1. The molecule has 1 amide bonds. The van der Waals surface area contributed by atoms with E-state index in [1.807, 2.05) is 13.0 Å². The number of rotatable bonds is 3. The van der Waals surface area contributed by atoms with Gasteiger partial charge in [0.25, 0.3) is 5.91 Å². The number of carbonyl (C=O) groups is 1. The van der Waals surface area contributed by atoms with Crippen molar-refractivity contribution in [3.8, 4) is 0 Å². The van der Waals surface area contributed by atoms with Crippen molar-refractivity contribution in [1.29, 1.82) is 0 Å². The Morgan fingerprint density at radius 3 is 2.88 bits per heavy atom. The number of anilines is 1. The predicted molar refractivity (Wildman–Crippen MR) is 53.3 cm³/mol. The van der Waals surface area contributed by atoms with Crippen LogP contribution in [0.5, 0.6) is 0 Å². The molecular weight excluding hydrogens is 212 g/mol. The molecule has 3 N–H and O–H groups in total. The lowest BCUT2D eigenvalue weighted by atomic mass is 10.4. The van der Waals surface area contributed by atoms with Gasteiger partial charge in [-0.3, -0.25) is 4.79 Å². The first-order valence-electron chi connectivity index (χ1n) is 4.58. The van der Waals surface area contributed by atoms with Crippen molar-refractivity contribution in [2.45, 2.75) is 13.5 Å². The second-order valence-electron chi connectivity index (χ2n) is 3.19. The summed E-state index contributed by atoms with van der Waals surface area (Å²) in [6, 6.07) is 3.59. The maximum absolute atomic E-state index is 11.5. The minimum atomic E-state index is -0.451. The van der Waals surface area contributed by atoms with Gasteiger partial charge in [-0.05, 0) is 29.4 Å². The quantitative estimate of drug-likeness (QED) is 0.782. The average molecular weight is 222 g/mol. The monoisotopic (exact) mass is 222 g/mol. The molecule has 7 nitrogen and oxygen atoms in total. The molecule has 0 radical (unpaired) electrons. The first kappa shape index (κ1) is 10.2. The number of nitrogens with one attached hydrogen (secondary N) is 1. The van der Waals surface area contributed by atoms with Crippen molar-refractivity contribution < 1.29 is 13.8 Å². The number of furan rings is 1. The van der Waals surface area contributed by atoms with Crippen LogP contribution in [-0.2, 0) is 6.54 Å². The summed E-state index contributed by atoms with van der Waals surface area (Å²) in [5.41, 5.74) is 5.34. The largest absolute Gasteiger partial charge is 0.465 e. The molecule has 0 aliphatic heterocycles. The van der Waals surface area contributed by atoms with Crippen molar-refractivity contribution in [2.75, 3.05) is 5.73 Å². The van der Waals surface area contributed by atoms with Crippen LogP contribution in [0.3, 0.4) is 0 Å². The zero-order valence-electron chi connectivity index (χ0n) is 8.56. The normalized spacial score (nSPS) is 10.3. The van der Waals surface area contributed by atoms with Gasteiger partial charge in [-0.2, -0.15) is 0 Å². The molecule has 0 unspecified atom stereocenters. The third kappa shape index (κ3) is 2.02. The molecule has 0 fully saturated rings. The van der Waals surface area contributed by atoms with E-state index in [4.69, 9.17) is 10.2 Å². The summed E-state index contributed by atoms with van der Waals surface area (Å²) < 4.78 is 9.59. The van der Waals surface area contributed by atoms with E-state index >= 15 is 0 Å². The Hall–Kier alpha value is -2.31. The molecule has 16 heavy (non-hydrogen) atoms. The van der Waals surface area contributed by atoms with Crippen LogP contribution in [0.2, 0.25) is 0 Å². The first-order valence-corrected chi connectivity index (χ1v) is 4.58. The van der Waals surface area contributed by atoms with Crippen LogP contribution in [0.25, 0.3) is 0 Å². The maximum Gasteiger partial charge on any atom is 0.277 e. The number of aryl methyl sites for hydroxylation is 1. The highest BCUT2D eigenvalue weighted by Gasteiger charge is 2.15. The van der Waals surface area contributed by atoms with Gasteiger partial charge in [-0.25, -0.2) is 4.63 Å². The van der Waals surface area contributed by atoms with E-state index in [9.17, 15) is 4.79 Å². The highest BCUT2D eigenvalue weighted by molar-refractivity contribution is 5.95. The summed E-state index contributed by atoms with van der Waals surface area (Å²) in [7, 11) is 0. The van der Waals surface area contributed by atoms with E-state index in [0.29, 0.717) is 5.76 Å². The van der Waals surface area contributed by atoms with E-state index in [-0.39, 0.29) is 18.1 Å². The van der Waals surface area contributed by atoms with E-state index in [0.717, 1.165) is 5.76 Å². The number of nitrogens with zero attached hydrogens (tertiary/aromatic N) is 2. The second kappa shape index (κ2) is 4.05. The van der Waals surface area contributed by atoms with Gasteiger partial charge in [0.05, 0.1) is 6.54 Å². The first-order chi connectivity index (χ1) is 7.66. The van der Waals surface area contributed by atoms with Crippen LogP contribution < -0.4 is 11.1 Å². The molecule has 0 atom stereocenters. The summed E-state index contributed by atoms with van der Waals surface area (Å²) in [5, 5.41) is 9.26. The Morgan fingerprint density at radius 2 is 2.31 bits per heavy atom. The van der Waals surface area contributed by atoms with Crippen molar-refractivity contribution >= 4 is 11.7 Å². The molecule has 2 rings (SSSR count). The van der Waals surface area contributed by atoms with Gasteiger partial charge in [-0.15, -0.1) is 0 Å². The number of aromatic nitrogens is 2. The number of hydrogen-bond donors (Lipinski definition) is 2. The topological polar surface area (TPSA) is 107 Å². The standard InChI is InChI=1S/C9H10N4O3/c1-5-2-3-6(15-5)4-11-9(14)7-8(10)13-16-12-7/h2-3H,4H2,1H3,(H2,10,13)(H,11,14). The third-order valence-electron chi connectivity index (χ3n) is 1.95. The fourth-order valence-electron chi connectivity index (χ4n) is 1.18. The minimum absolute atomic E-state index is 0.0247. The van der Waals surface area contributed by atoms with Crippen LogP contribution in [0, 0.1) is 6.92 Å². The molecule has 2 aromatic heterocycles. The molecule has 0 aliphatic carbocycles. The Morgan fingerprint density at radius 1 is 1.50 bits per heavy atom. The minimum Gasteiger partial charge on any atom is -0.465 e. The zero-order chi connectivity index (χ0) is 11.5. The van der Waals surface area contributed by atoms with Crippen LogP contribution in [0.15, 0.2) is 21.2 Å². The molecule has 84 valence electrons. The smallest absolute Gasteiger partial charge is 0.277 e. The van der Waals surface area contributed by atoms with Gasteiger partial charge < -0.3 is 15.5 Å². The van der Waals surface area contributed by atoms with Crippen molar-refractivity contribution in [3.05, 3.63) is 29.3 Å². The second-order valence-corrected chi connectivity index (χ2v) is 3.19. The highest BCUT2D eigenvalue weighted by atomic mass is 16.6. The average Bonchev–Trinajstić information content (AvgIpc) is 2.84. The summed E-state index contributed by atoms with van der Waals surface area (Å²) in [4.78, 5) is 11.5. The van der Waals surface area contributed by atoms with Gasteiger partial charge >= 0.3 is 0 Å². The molecule has 0 aliphatic rings. The number of amides is 1. The van der Waals surface area contributed by atoms with Gasteiger partial charge in [0.15, 0.2) is 0 Å². The lowest BCUT2D eigenvalue weighted by Crippen LogP contribution is -2.23. The van der Waals surface area contributed by atoms with Gasteiger partial charge in [0.1, 0.15) is 11.5 Å². The lowest BCUT2D eigenvalue weighted by Gasteiger charge is -1.99. The fraction of sp³-hybridized carbons (Fsp3) is 0.222. The Kier molecular flexibility index (Phi) is 2.59. The fourth-order valence-corrected chi connectivity index (χ4v) is 1.18. The number of nitrogens with two attached hydrogens (primary N) is 1. The van der Waals surface area contributed by atoms with Crippen molar-refractivity contribution in [1.82, 2.24) is 15.6 Å². The molecule has 0 bridgehead atoms. The summed E-state index contributed by atoms with van der Waals surface area (Å²) in [6.07, 6.45) is 0. The Balaban J connectivity index is 1.96. The number of carbonyl (C=O) groups excluding carboxylic acids is 1. The van der Waals surface area contributed by atoms with Crippen molar-refractivity contribution in [2.24, 2.45) is 0 Å². The van der Waals surface area contributed by atoms with E-state index in [2.05, 4.69) is 20.3 Å². The summed E-state index contributed by atoms with van der Waals surface area (Å²) in [5.74, 6) is 0.952. The molecule has 0 spiro atoms. The molecule has 0 saturated carbocycles. The molecule has 2 aromatic rings. The van der Waals surface area contributed by atoms with Crippen LogP contribution in [0.1, 0.15) is 22.0 Å². The molecule has 0 saturated heterocycles. The van der Waals surface area contributed by atoms with E-state index in [1.165, 1.54) is 0 Å². The summed E-state index contributed by atoms with van der Waals surface area (Å²) >= 11 is 0. The van der Waals surface area contributed by atoms with Gasteiger partial charge in [0, 0.05) is 0 Å². The van der Waals surface area contributed by atoms with Crippen LogP contribution in [-0.4, -0.2) is 16.2 Å². The van der Waals surface area contributed by atoms with Crippen molar-refractivity contribution in [3.63, 3.8) is 0 Å². The molecule has 0 aromatic carbocycles. The van der Waals surface area contributed by atoms with Crippen LogP contribution in [0.4, 0.5) is 5.82 Å². The molecule has 2 heterocycles. The predicted octanol–water partition coefficient (Wildman–Crippen LogP) is 0.483. The molecular formula is C9H10N4O3. The van der Waals surface area contributed by atoms with E-state index < -0.39 is 5.91 Å². The maximum atomic E-state index is 11.5.